The molecule has 1 aliphatic heterocycles. The van der Waals surface area contributed by atoms with Crippen LogP contribution in [-0.2, 0) is 0 Å². The molecule has 2 rings (SSSR count). The number of hydrazine groups is 1. The molecule has 1 fully saturated rings. The van der Waals surface area contributed by atoms with Gasteiger partial charge in [0.15, 0.2) is 0 Å². The highest BCUT2D eigenvalue weighted by molar-refractivity contribution is 5.18. The van der Waals surface area contributed by atoms with Crippen molar-refractivity contribution in [3.63, 3.8) is 0 Å². The van der Waals surface area contributed by atoms with Gasteiger partial charge in [-0.05, 0) is 18.4 Å². The van der Waals surface area contributed by atoms with E-state index in [1.165, 1.54) is 0 Å². The first-order valence-corrected chi connectivity index (χ1v) is 5.53. The number of aliphatic hydroxyl groups excluding tert-OH is 1. The molecule has 2 unspecified atom stereocenters. The summed E-state index contributed by atoms with van der Waals surface area (Å²) in [6, 6.07) is 9.82. The van der Waals surface area contributed by atoms with Crippen LogP contribution in [0.1, 0.15) is 30.9 Å². The first-order valence-electron chi connectivity index (χ1n) is 5.53. The molecule has 0 bridgehead atoms. The van der Waals surface area contributed by atoms with Crippen molar-refractivity contribution in [3.05, 3.63) is 35.9 Å². The van der Waals surface area contributed by atoms with Gasteiger partial charge in [0.2, 0.25) is 0 Å². The van der Waals surface area contributed by atoms with Gasteiger partial charge in [0, 0.05) is 6.54 Å². The lowest BCUT2D eigenvalue weighted by atomic mass is 9.94. The van der Waals surface area contributed by atoms with Gasteiger partial charge in [-0.15, -0.1) is 0 Å². The van der Waals surface area contributed by atoms with E-state index < -0.39 is 6.10 Å². The van der Waals surface area contributed by atoms with Crippen LogP contribution in [0.15, 0.2) is 30.3 Å². The van der Waals surface area contributed by atoms with Crippen LogP contribution in [0, 0.1) is 0 Å². The van der Waals surface area contributed by atoms with E-state index in [2.05, 4.69) is 0 Å². The third-order valence-corrected chi connectivity index (χ3v) is 3.10. The minimum Gasteiger partial charge on any atom is -0.387 e. The molecule has 1 aromatic rings. The van der Waals surface area contributed by atoms with Crippen molar-refractivity contribution in [2.75, 3.05) is 6.54 Å². The van der Waals surface area contributed by atoms with Gasteiger partial charge in [-0.2, -0.15) is 0 Å². The van der Waals surface area contributed by atoms with E-state index >= 15 is 0 Å². The molecule has 82 valence electrons. The van der Waals surface area contributed by atoms with Crippen molar-refractivity contribution < 1.29 is 5.11 Å². The number of hydrogen-bond acceptors (Lipinski definition) is 3. The minimum atomic E-state index is -0.462. The number of hydrogen-bond donors (Lipinski definition) is 2. The SMILES string of the molecule is NN1CCCCC1C(O)c1ccccc1. The number of nitrogens with two attached hydrogens (primary N) is 1. The predicted octanol–water partition coefficient (Wildman–Crippen LogP) is 1.45. The molecule has 3 N–H and O–H groups in total. The van der Waals surface area contributed by atoms with Crippen LogP contribution in [0.5, 0.6) is 0 Å². The molecule has 1 saturated heterocycles. The van der Waals surface area contributed by atoms with Crippen molar-refractivity contribution in [1.82, 2.24) is 5.01 Å². The lowest BCUT2D eigenvalue weighted by Crippen LogP contribution is -2.47. The molecule has 0 spiro atoms. The van der Waals surface area contributed by atoms with Gasteiger partial charge in [0.1, 0.15) is 0 Å². The van der Waals surface area contributed by atoms with Crippen LogP contribution in [0.4, 0.5) is 0 Å². The Hall–Kier alpha value is -0.900. The molecule has 0 aromatic heterocycles. The maximum absolute atomic E-state index is 10.2. The third kappa shape index (κ3) is 2.37. The normalized spacial score (nSPS) is 25.1. The van der Waals surface area contributed by atoms with Gasteiger partial charge in [0.25, 0.3) is 0 Å². The molecule has 3 heteroatoms. The molecular formula is C12H18N2O. The number of nitrogens with zero attached hydrogens (tertiary/aromatic N) is 1. The van der Waals surface area contributed by atoms with Gasteiger partial charge < -0.3 is 5.11 Å². The summed E-state index contributed by atoms with van der Waals surface area (Å²) in [6.07, 6.45) is 2.81. The minimum absolute atomic E-state index is 0.0705. The fourth-order valence-corrected chi connectivity index (χ4v) is 2.19. The second kappa shape index (κ2) is 4.75. The summed E-state index contributed by atoms with van der Waals surface area (Å²) in [4.78, 5) is 0. The van der Waals surface area contributed by atoms with Crippen LogP contribution in [-0.4, -0.2) is 22.7 Å². The molecule has 0 saturated carbocycles. The second-order valence-electron chi connectivity index (χ2n) is 4.16. The fraction of sp³-hybridized carbons (Fsp3) is 0.500. The van der Waals surface area contributed by atoms with Gasteiger partial charge >= 0.3 is 0 Å². The Kier molecular flexibility index (Phi) is 3.36. The summed E-state index contributed by atoms with van der Waals surface area (Å²) in [5.41, 5.74) is 0.958. The van der Waals surface area contributed by atoms with Gasteiger partial charge in [-0.1, -0.05) is 36.8 Å². The Bertz CT molecular complexity index is 302. The molecule has 2 atom stereocenters. The second-order valence-corrected chi connectivity index (χ2v) is 4.16. The summed E-state index contributed by atoms with van der Waals surface area (Å²) in [6.45, 7) is 0.883. The van der Waals surface area contributed by atoms with E-state index in [-0.39, 0.29) is 6.04 Å². The lowest BCUT2D eigenvalue weighted by molar-refractivity contribution is 0.0246. The van der Waals surface area contributed by atoms with Gasteiger partial charge in [-0.25, -0.2) is 5.01 Å². The Balaban J connectivity index is 2.09. The largest absolute Gasteiger partial charge is 0.387 e. The van der Waals surface area contributed by atoms with E-state index in [4.69, 9.17) is 5.84 Å². The maximum Gasteiger partial charge on any atom is 0.0959 e. The highest BCUT2D eigenvalue weighted by Crippen LogP contribution is 2.26. The maximum atomic E-state index is 10.2. The molecule has 1 heterocycles. The number of rotatable bonds is 2. The standard InChI is InChI=1S/C12H18N2O/c13-14-9-5-4-8-11(14)12(15)10-6-2-1-3-7-10/h1-3,6-7,11-12,15H,4-5,8-9,13H2. The zero-order chi connectivity index (χ0) is 10.7. The van der Waals surface area contributed by atoms with Crippen LogP contribution in [0.3, 0.4) is 0 Å². The van der Waals surface area contributed by atoms with Gasteiger partial charge in [0.05, 0.1) is 12.1 Å². The lowest BCUT2D eigenvalue weighted by Gasteiger charge is -2.35. The highest BCUT2D eigenvalue weighted by Gasteiger charge is 2.27. The van der Waals surface area contributed by atoms with Crippen LogP contribution < -0.4 is 5.84 Å². The molecule has 15 heavy (non-hydrogen) atoms. The zero-order valence-electron chi connectivity index (χ0n) is 8.84. The zero-order valence-corrected chi connectivity index (χ0v) is 8.84. The number of piperidine rings is 1. The Morgan fingerprint density at radius 1 is 1.27 bits per heavy atom. The summed E-state index contributed by atoms with van der Waals surface area (Å²) >= 11 is 0. The molecular weight excluding hydrogens is 188 g/mol. The Morgan fingerprint density at radius 3 is 2.67 bits per heavy atom. The topological polar surface area (TPSA) is 49.5 Å². The van der Waals surface area contributed by atoms with Crippen molar-refractivity contribution in [1.29, 1.82) is 0 Å². The summed E-state index contributed by atoms with van der Waals surface area (Å²) in [5.74, 6) is 5.89. The smallest absolute Gasteiger partial charge is 0.0959 e. The van der Waals surface area contributed by atoms with E-state index in [1.807, 2.05) is 30.3 Å². The molecule has 0 aliphatic carbocycles. The average Bonchev–Trinajstić information content (AvgIpc) is 2.30. The Morgan fingerprint density at radius 2 is 2.00 bits per heavy atom. The third-order valence-electron chi connectivity index (χ3n) is 3.10. The van der Waals surface area contributed by atoms with Gasteiger partial charge in [-0.3, -0.25) is 5.84 Å². The first kappa shape index (κ1) is 10.6. The summed E-state index contributed by atoms with van der Waals surface area (Å²) in [7, 11) is 0. The molecule has 0 amide bonds. The number of aliphatic hydroxyl groups is 1. The highest BCUT2D eigenvalue weighted by atomic mass is 16.3. The van der Waals surface area contributed by atoms with Crippen LogP contribution in [0.25, 0.3) is 0 Å². The molecule has 1 aliphatic rings. The van der Waals surface area contributed by atoms with Crippen molar-refractivity contribution >= 4 is 0 Å². The monoisotopic (exact) mass is 206 g/mol. The predicted molar refractivity (Wildman–Crippen MR) is 59.9 cm³/mol. The van der Waals surface area contributed by atoms with Crippen molar-refractivity contribution in [2.45, 2.75) is 31.4 Å². The average molecular weight is 206 g/mol. The quantitative estimate of drug-likeness (QED) is 0.720. The Labute approximate surface area is 90.5 Å². The van der Waals surface area contributed by atoms with E-state index in [0.29, 0.717) is 0 Å². The summed E-state index contributed by atoms with van der Waals surface area (Å²) < 4.78 is 0. The molecule has 3 nitrogen and oxygen atoms in total. The van der Waals surface area contributed by atoms with E-state index in [1.54, 1.807) is 5.01 Å². The molecule has 0 radical (unpaired) electrons. The summed E-state index contributed by atoms with van der Waals surface area (Å²) in [5, 5.41) is 12.0. The van der Waals surface area contributed by atoms with E-state index in [0.717, 1.165) is 31.4 Å². The van der Waals surface area contributed by atoms with E-state index in [9.17, 15) is 5.11 Å². The van der Waals surface area contributed by atoms with Crippen LogP contribution >= 0.6 is 0 Å². The first-order chi connectivity index (χ1) is 7.29. The fourth-order valence-electron chi connectivity index (χ4n) is 2.19. The van der Waals surface area contributed by atoms with Crippen LogP contribution in [0.2, 0.25) is 0 Å². The molecule has 1 aromatic carbocycles. The van der Waals surface area contributed by atoms with Crippen molar-refractivity contribution in [3.8, 4) is 0 Å². The number of benzene rings is 1. The van der Waals surface area contributed by atoms with Crippen molar-refractivity contribution in [2.24, 2.45) is 5.84 Å².